The lowest BCUT2D eigenvalue weighted by molar-refractivity contribution is 0.335. The number of rotatable bonds is 3. The van der Waals surface area contributed by atoms with Gasteiger partial charge in [0.2, 0.25) is 5.88 Å². The van der Waals surface area contributed by atoms with Gasteiger partial charge in [0, 0.05) is 18.8 Å². The molecule has 0 aliphatic heterocycles. The van der Waals surface area contributed by atoms with Gasteiger partial charge in [-0.1, -0.05) is 6.58 Å². The van der Waals surface area contributed by atoms with Crippen LogP contribution in [0.25, 0.3) is 0 Å². The Kier molecular flexibility index (Phi) is 2.53. The van der Waals surface area contributed by atoms with E-state index in [4.69, 9.17) is 4.74 Å². The number of aromatic nitrogens is 2. The zero-order valence-electron chi connectivity index (χ0n) is 7.79. The summed E-state index contributed by atoms with van der Waals surface area (Å²) in [6.07, 6.45) is 0. The first kappa shape index (κ1) is 8.84. The van der Waals surface area contributed by atoms with Crippen molar-refractivity contribution in [3.63, 3.8) is 0 Å². The molecule has 1 heterocycles. The van der Waals surface area contributed by atoms with Gasteiger partial charge in [0.1, 0.15) is 6.61 Å². The molecule has 0 bridgehead atoms. The van der Waals surface area contributed by atoms with Gasteiger partial charge < -0.3 is 4.74 Å². The average molecular weight is 166 g/mol. The van der Waals surface area contributed by atoms with Crippen LogP contribution < -0.4 is 4.74 Å². The van der Waals surface area contributed by atoms with Crippen molar-refractivity contribution in [2.75, 3.05) is 6.61 Å². The van der Waals surface area contributed by atoms with Crippen LogP contribution in [0.1, 0.15) is 12.6 Å². The second-order valence-electron chi connectivity index (χ2n) is 2.99. The smallest absolute Gasteiger partial charge is 0.233 e. The fourth-order valence-electron chi connectivity index (χ4n) is 0.795. The summed E-state index contributed by atoms with van der Waals surface area (Å²) >= 11 is 0. The van der Waals surface area contributed by atoms with Crippen molar-refractivity contribution in [2.45, 2.75) is 13.8 Å². The van der Waals surface area contributed by atoms with Crippen LogP contribution in [0.3, 0.4) is 0 Å². The van der Waals surface area contributed by atoms with Crippen molar-refractivity contribution in [1.82, 2.24) is 9.78 Å². The largest absolute Gasteiger partial charge is 0.472 e. The van der Waals surface area contributed by atoms with Crippen molar-refractivity contribution in [1.29, 1.82) is 0 Å². The Hall–Kier alpha value is -1.25. The normalized spacial score (nSPS) is 9.92. The quantitative estimate of drug-likeness (QED) is 0.639. The van der Waals surface area contributed by atoms with E-state index < -0.39 is 0 Å². The maximum Gasteiger partial charge on any atom is 0.233 e. The maximum atomic E-state index is 5.34. The molecule has 66 valence electrons. The molecule has 0 aliphatic carbocycles. The molecule has 1 aromatic heterocycles. The molecule has 3 nitrogen and oxygen atoms in total. The minimum atomic E-state index is 0.538. The fourth-order valence-corrected chi connectivity index (χ4v) is 0.795. The second kappa shape index (κ2) is 3.43. The summed E-state index contributed by atoms with van der Waals surface area (Å²) in [7, 11) is 1.89. The Bertz CT molecular complexity index is 269. The third kappa shape index (κ3) is 2.12. The molecule has 0 amide bonds. The van der Waals surface area contributed by atoms with Crippen LogP contribution in [0.2, 0.25) is 0 Å². The minimum absolute atomic E-state index is 0.538. The topological polar surface area (TPSA) is 27.1 Å². The van der Waals surface area contributed by atoms with E-state index in [1.54, 1.807) is 4.68 Å². The van der Waals surface area contributed by atoms with Crippen LogP contribution in [0.4, 0.5) is 0 Å². The lowest BCUT2D eigenvalue weighted by atomic mass is 10.4. The van der Waals surface area contributed by atoms with Gasteiger partial charge in [-0.3, -0.25) is 4.68 Å². The van der Waals surface area contributed by atoms with Crippen LogP contribution in [-0.4, -0.2) is 16.4 Å². The number of hydrogen-bond donors (Lipinski definition) is 0. The second-order valence-corrected chi connectivity index (χ2v) is 2.99. The summed E-state index contributed by atoms with van der Waals surface area (Å²) in [6, 6.07) is 1.91. The van der Waals surface area contributed by atoms with E-state index in [1.807, 2.05) is 27.0 Å². The van der Waals surface area contributed by atoms with Gasteiger partial charge >= 0.3 is 0 Å². The molecule has 3 heteroatoms. The number of aryl methyl sites for hydroxylation is 2. The molecule has 0 spiro atoms. The number of ether oxygens (including phenoxy) is 1. The third-order valence-corrected chi connectivity index (χ3v) is 1.56. The van der Waals surface area contributed by atoms with Crippen LogP contribution in [-0.2, 0) is 7.05 Å². The van der Waals surface area contributed by atoms with Crippen LogP contribution in [0.5, 0.6) is 5.88 Å². The van der Waals surface area contributed by atoms with Crippen molar-refractivity contribution < 1.29 is 4.74 Å². The summed E-state index contributed by atoms with van der Waals surface area (Å²) in [4.78, 5) is 0. The summed E-state index contributed by atoms with van der Waals surface area (Å²) < 4.78 is 7.12. The first-order valence-electron chi connectivity index (χ1n) is 3.87. The molecule has 12 heavy (non-hydrogen) atoms. The molecule has 0 saturated heterocycles. The van der Waals surface area contributed by atoms with Crippen molar-refractivity contribution in [3.8, 4) is 5.88 Å². The zero-order valence-corrected chi connectivity index (χ0v) is 7.79. The van der Waals surface area contributed by atoms with Crippen LogP contribution in [0, 0.1) is 6.92 Å². The molecule has 0 aromatic carbocycles. The Morgan fingerprint density at radius 2 is 2.42 bits per heavy atom. The van der Waals surface area contributed by atoms with E-state index in [2.05, 4.69) is 11.7 Å². The predicted octanol–water partition coefficient (Wildman–Crippen LogP) is 1.68. The number of hydrogen-bond acceptors (Lipinski definition) is 2. The predicted molar refractivity (Wildman–Crippen MR) is 48.3 cm³/mol. The van der Waals surface area contributed by atoms with Gasteiger partial charge in [0.15, 0.2) is 0 Å². The van der Waals surface area contributed by atoms with Gasteiger partial charge in [-0.25, -0.2) is 0 Å². The first-order valence-corrected chi connectivity index (χ1v) is 3.87. The Morgan fingerprint density at radius 3 is 2.83 bits per heavy atom. The summed E-state index contributed by atoms with van der Waals surface area (Å²) in [5.41, 5.74) is 2.09. The molecule has 0 atom stereocenters. The highest BCUT2D eigenvalue weighted by molar-refractivity contribution is 5.14. The lowest BCUT2D eigenvalue weighted by Crippen LogP contribution is -1.99. The van der Waals surface area contributed by atoms with E-state index in [0.717, 1.165) is 11.3 Å². The highest BCUT2D eigenvalue weighted by Crippen LogP contribution is 2.09. The molecular formula is C9H14N2O. The summed E-state index contributed by atoms with van der Waals surface area (Å²) in [6.45, 7) is 8.19. The zero-order chi connectivity index (χ0) is 9.14. The van der Waals surface area contributed by atoms with E-state index in [1.165, 1.54) is 0 Å². The van der Waals surface area contributed by atoms with Gasteiger partial charge in [0.25, 0.3) is 0 Å². The Labute approximate surface area is 72.7 Å². The Balaban J connectivity index is 2.58. The van der Waals surface area contributed by atoms with Crippen molar-refractivity contribution in [3.05, 3.63) is 23.9 Å². The molecule has 0 fully saturated rings. The molecule has 0 saturated carbocycles. The van der Waals surface area contributed by atoms with Gasteiger partial charge in [-0.15, -0.1) is 5.10 Å². The SMILES string of the molecule is C=C(C)COc1cc(C)n(C)n1. The van der Waals surface area contributed by atoms with Crippen LogP contribution in [0.15, 0.2) is 18.2 Å². The molecule has 0 aliphatic rings. The highest BCUT2D eigenvalue weighted by Gasteiger charge is 2.00. The molecule has 0 radical (unpaired) electrons. The maximum absolute atomic E-state index is 5.34. The van der Waals surface area contributed by atoms with E-state index in [-0.39, 0.29) is 0 Å². The van der Waals surface area contributed by atoms with Crippen molar-refractivity contribution >= 4 is 0 Å². The minimum Gasteiger partial charge on any atom is -0.472 e. The molecule has 1 rings (SSSR count). The van der Waals surface area contributed by atoms with Gasteiger partial charge in [-0.2, -0.15) is 0 Å². The van der Waals surface area contributed by atoms with E-state index in [0.29, 0.717) is 12.5 Å². The summed E-state index contributed by atoms with van der Waals surface area (Å²) in [5, 5.41) is 4.14. The average Bonchev–Trinajstić information content (AvgIpc) is 2.28. The summed E-state index contributed by atoms with van der Waals surface area (Å²) in [5.74, 6) is 0.665. The van der Waals surface area contributed by atoms with Gasteiger partial charge in [-0.05, 0) is 19.4 Å². The Morgan fingerprint density at radius 1 is 1.75 bits per heavy atom. The van der Waals surface area contributed by atoms with Crippen molar-refractivity contribution in [2.24, 2.45) is 7.05 Å². The molecular weight excluding hydrogens is 152 g/mol. The molecule has 1 aromatic rings. The number of nitrogens with zero attached hydrogens (tertiary/aromatic N) is 2. The molecule has 0 unspecified atom stereocenters. The van der Waals surface area contributed by atoms with E-state index >= 15 is 0 Å². The van der Waals surface area contributed by atoms with Gasteiger partial charge in [0.05, 0.1) is 0 Å². The van der Waals surface area contributed by atoms with Crippen LogP contribution >= 0.6 is 0 Å². The lowest BCUT2D eigenvalue weighted by Gasteiger charge is -1.99. The monoisotopic (exact) mass is 166 g/mol. The molecule has 0 N–H and O–H groups in total. The third-order valence-electron chi connectivity index (χ3n) is 1.56. The fraction of sp³-hybridized carbons (Fsp3) is 0.444. The van der Waals surface area contributed by atoms with E-state index in [9.17, 15) is 0 Å². The first-order chi connectivity index (χ1) is 5.59. The highest BCUT2D eigenvalue weighted by atomic mass is 16.5. The standard InChI is InChI=1S/C9H14N2O/c1-7(2)6-12-9-5-8(3)11(4)10-9/h5H,1,6H2,2-4H3.